The normalized spacial score (nSPS) is 12.9. The highest BCUT2D eigenvalue weighted by atomic mass is 16.5. The summed E-state index contributed by atoms with van der Waals surface area (Å²) >= 11 is 0. The molecule has 1 rings (SSSR count). The predicted molar refractivity (Wildman–Crippen MR) is 114 cm³/mol. The Morgan fingerprint density at radius 2 is 1.85 bits per heavy atom. The third kappa shape index (κ3) is 10.2. The van der Waals surface area contributed by atoms with Gasteiger partial charge in [0, 0.05) is 38.9 Å². The van der Waals surface area contributed by atoms with Crippen LogP contribution in [0.1, 0.15) is 39.2 Å². The van der Waals surface area contributed by atoms with Crippen LogP contribution in [0.2, 0.25) is 0 Å². The lowest BCUT2D eigenvalue weighted by molar-refractivity contribution is 0.145. The number of rotatable bonds is 13. The summed E-state index contributed by atoms with van der Waals surface area (Å²) in [6.07, 6.45) is 2.12. The van der Waals surface area contributed by atoms with Crippen molar-refractivity contribution in [2.75, 3.05) is 47.0 Å². The van der Waals surface area contributed by atoms with Crippen molar-refractivity contribution >= 4 is 5.96 Å². The molecule has 0 saturated heterocycles. The number of ether oxygens (including phenoxy) is 2. The Labute approximate surface area is 165 Å². The monoisotopic (exact) mass is 378 g/mol. The van der Waals surface area contributed by atoms with Gasteiger partial charge in [-0.05, 0) is 51.4 Å². The van der Waals surface area contributed by atoms with Gasteiger partial charge in [-0.25, -0.2) is 4.99 Å². The summed E-state index contributed by atoms with van der Waals surface area (Å²) in [4.78, 5) is 7.09. The summed E-state index contributed by atoms with van der Waals surface area (Å²) in [5, 5.41) is 6.85. The number of benzene rings is 1. The molecular weight excluding hydrogens is 340 g/mol. The van der Waals surface area contributed by atoms with Crippen molar-refractivity contribution in [3.63, 3.8) is 0 Å². The molecule has 0 aromatic heterocycles. The van der Waals surface area contributed by atoms with Crippen LogP contribution in [0.15, 0.2) is 29.3 Å². The SMILES string of the molecule is CCOCCCNC(=NCc1ccc(OC)cc1)NCCN(C)C(C)CC. The van der Waals surface area contributed by atoms with E-state index in [0.29, 0.717) is 12.6 Å². The largest absolute Gasteiger partial charge is 0.497 e. The van der Waals surface area contributed by atoms with Crippen LogP contribution in [-0.2, 0) is 11.3 Å². The first-order valence-corrected chi connectivity index (χ1v) is 10.0. The van der Waals surface area contributed by atoms with Crippen molar-refractivity contribution in [1.29, 1.82) is 0 Å². The summed E-state index contributed by atoms with van der Waals surface area (Å²) in [7, 11) is 3.84. The molecule has 0 fully saturated rings. The minimum absolute atomic E-state index is 0.589. The minimum Gasteiger partial charge on any atom is -0.497 e. The maximum absolute atomic E-state index is 5.40. The van der Waals surface area contributed by atoms with Crippen molar-refractivity contribution in [3.05, 3.63) is 29.8 Å². The van der Waals surface area contributed by atoms with Crippen molar-refractivity contribution < 1.29 is 9.47 Å². The molecule has 1 aromatic rings. The van der Waals surface area contributed by atoms with Gasteiger partial charge in [0.05, 0.1) is 13.7 Å². The molecule has 1 atom stereocenters. The Morgan fingerprint density at radius 3 is 2.48 bits per heavy atom. The zero-order valence-corrected chi connectivity index (χ0v) is 17.8. The second-order valence-corrected chi connectivity index (χ2v) is 6.65. The van der Waals surface area contributed by atoms with Gasteiger partial charge in [-0.2, -0.15) is 0 Å². The standard InChI is InChI=1S/C21H38N4O2/c1-6-18(3)25(4)15-14-23-21(22-13-8-16-27-7-2)24-17-19-9-11-20(26-5)12-10-19/h9-12,18H,6-8,13-17H2,1-5H3,(H2,22,23,24). The Hall–Kier alpha value is -1.79. The van der Waals surface area contributed by atoms with Gasteiger partial charge in [0.2, 0.25) is 0 Å². The smallest absolute Gasteiger partial charge is 0.191 e. The minimum atomic E-state index is 0.589. The summed E-state index contributed by atoms with van der Waals surface area (Å²) in [6, 6.07) is 8.62. The zero-order valence-electron chi connectivity index (χ0n) is 17.8. The molecule has 0 saturated carbocycles. The van der Waals surface area contributed by atoms with Crippen LogP contribution < -0.4 is 15.4 Å². The van der Waals surface area contributed by atoms with E-state index in [0.717, 1.165) is 63.0 Å². The van der Waals surface area contributed by atoms with E-state index < -0.39 is 0 Å². The zero-order chi connectivity index (χ0) is 19.9. The molecule has 6 nitrogen and oxygen atoms in total. The average Bonchev–Trinajstić information content (AvgIpc) is 2.70. The van der Waals surface area contributed by atoms with Crippen LogP contribution >= 0.6 is 0 Å². The van der Waals surface area contributed by atoms with E-state index in [-0.39, 0.29) is 0 Å². The first-order chi connectivity index (χ1) is 13.1. The summed E-state index contributed by atoms with van der Waals surface area (Å²) in [6.45, 7) is 11.3. The Balaban J connectivity index is 2.54. The van der Waals surface area contributed by atoms with Gasteiger partial charge in [-0.3, -0.25) is 0 Å². The lowest BCUT2D eigenvalue weighted by Crippen LogP contribution is -2.42. The number of nitrogens with zero attached hydrogens (tertiary/aromatic N) is 2. The Morgan fingerprint density at radius 1 is 1.15 bits per heavy atom. The number of hydrogen-bond donors (Lipinski definition) is 2. The van der Waals surface area contributed by atoms with Gasteiger partial charge >= 0.3 is 0 Å². The molecule has 0 aliphatic heterocycles. The van der Waals surface area contributed by atoms with Crippen molar-refractivity contribution in [3.8, 4) is 5.75 Å². The van der Waals surface area contributed by atoms with E-state index in [9.17, 15) is 0 Å². The van der Waals surface area contributed by atoms with E-state index in [4.69, 9.17) is 14.5 Å². The van der Waals surface area contributed by atoms with Gasteiger partial charge < -0.3 is 25.0 Å². The molecule has 0 heterocycles. The van der Waals surface area contributed by atoms with Crippen molar-refractivity contribution in [2.45, 2.75) is 46.2 Å². The Bertz CT molecular complexity index is 519. The van der Waals surface area contributed by atoms with Crippen LogP contribution in [0.25, 0.3) is 0 Å². The first kappa shape index (κ1) is 23.2. The van der Waals surface area contributed by atoms with E-state index >= 15 is 0 Å². The van der Waals surface area contributed by atoms with Crippen molar-refractivity contribution in [2.24, 2.45) is 4.99 Å². The molecule has 1 unspecified atom stereocenters. The second kappa shape index (κ2) is 14.3. The molecule has 0 aliphatic rings. The summed E-state index contributed by atoms with van der Waals surface area (Å²) in [5.41, 5.74) is 1.16. The molecule has 6 heteroatoms. The predicted octanol–water partition coefficient (Wildman–Crippen LogP) is 2.89. The molecule has 154 valence electrons. The highest BCUT2D eigenvalue weighted by molar-refractivity contribution is 5.79. The van der Waals surface area contributed by atoms with E-state index in [2.05, 4.69) is 36.4 Å². The molecule has 0 aliphatic carbocycles. The van der Waals surface area contributed by atoms with Crippen LogP contribution in [0.4, 0.5) is 0 Å². The number of nitrogens with one attached hydrogen (secondary N) is 2. The average molecular weight is 379 g/mol. The fraction of sp³-hybridized carbons (Fsp3) is 0.667. The fourth-order valence-electron chi connectivity index (χ4n) is 2.48. The van der Waals surface area contributed by atoms with Crippen LogP contribution in [-0.4, -0.2) is 63.9 Å². The van der Waals surface area contributed by atoms with Gasteiger partial charge in [0.15, 0.2) is 5.96 Å². The fourth-order valence-corrected chi connectivity index (χ4v) is 2.48. The number of guanidine groups is 1. The lowest BCUT2D eigenvalue weighted by Gasteiger charge is -2.24. The van der Waals surface area contributed by atoms with Gasteiger partial charge in [0.25, 0.3) is 0 Å². The van der Waals surface area contributed by atoms with E-state index in [1.54, 1.807) is 7.11 Å². The molecular formula is C21H38N4O2. The van der Waals surface area contributed by atoms with Crippen molar-refractivity contribution in [1.82, 2.24) is 15.5 Å². The van der Waals surface area contributed by atoms with Crippen LogP contribution in [0.5, 0.6) is 5.75 Å². The van der Waals surface area contributed by atoms with Gasteiger partial charge in [0.1, 0.15) is 5.75 Å². The third-order valence-electron chi connectivity index (χ3n) is 4.64. The number of methoxy groups -OCH3 is 1. The summed E-state index contributed by atoms with van der Waals surface area (Å²) < 4.78 is 10.6. The topological polar surface area (TPSA) is 58.1 Å². The van der Waals surface area contributed by atoms with Gasteiger partial charge in [-0.1, -0.05) is 19.1 Å². The Kier molecular flexibility index (Phi) is 12.3. The van der Waals surface area contributed by atoms with Crippen LogP contribution in [0, 0.1) is 0 Å². The molecule has 2 N–H and O–H groups in total. The molecule has 27 heavy (non-hydrogen) atoms. The lowest BCUT2D eigenvalue weighted by atomic mass is 10.2. The second-order valence-electron chi connectivity index (χ2n) is 6.65. The maximum atomic E-state index is 5.40. The maximum Gasteiger partial charge on any atom is 0.191 e. The third-order valence-corrected chi connectivity index (χ3v) is 4.64. The van der Waals surface area contributed by atoms with E-state index in [1.165, 1.54) is 0 Å². The molecule has 1 aromatic carbocycles. The van der Waals surface area contributed by atoms with Gasteiger partial charge in [-0.15, -0.1) is 0 Å². The number of hydrogen-bond acceptors (Lipinski definition) is 4. The molecule has 0 bridgehead atoms. The van der Waals surface area contributed by atoms with Crippen LogP contribution in [0.3, 0.4) is 0 Å². The quantitative estimate of drug-likeness (QED) is 0.314. The first-order valence-electron chi connectivity index (χ1n) is 10.0. The summed E-state index contributed by atoms with van der Waals surface area (Å²) in [5.74, 6) is 1.71. The highest BCUT2D eigenvalue weighted by Gasteiger charge is 2.06. The molecule has 0 radical (unpaired) electrons. The van der Waals surface area contributed by atoms with E-state index in [1.807, 2.05) is 31.2 Å². The highest BCUT2D eigenvalue weighted by Crippen LogP contribution is 2.11. The number of likely N-dealkylation sites (N-methyl/N-ethyl adjacent to an activating group) is 1. The number of aliphatic imine (C=N–C) groups is 1. The molecule has 0 spiro atoms. The molecule has 0 amide bonds.